The van der Waals surface area contributed by atoms with Crippen LogP contribution in [0.3, 0.4) is 0 Å². The Bertz CT molecular complexity index is 589. The molecule has 1 aliphatic rings. The second-order valence-corrected chi connectivity index (χ2v) is 9.32. The molecule has 1 saturated heterocycles. The van der Waals surface area contributed by atoms with Crippen LogP contribution in [-0.2, 0) is 20.5 Å². The lowest BCUT2D eigenvalue weighted by molar-refractivity contribution is -0.182. The normalized spacial score (nSPS) is 18.8. The van der Waals surface area contributed by atoms with Crippen molar-refractivity contribution in [1.82, 2.24) is 9.71 Å². The van der Waals surface area contributed by atoms with Gasteiger partial charge >= 0.3 is 0 Å². The molecular formula is C17H27ClN2O4S. The summed E-state index contributed by atoms with van der Waals surface area (Å²) >= 11 is 6.21. The van der Waals surface area contributed by atoms with Crippen molar-refractivity contribution in [2.45, 2.75) is 57.1 Å². The largest absolute Gasteiger partial charge is 0.480 e. The third kappa shape index (κ3) is 6.18. The molecule has 0 aromatic carbocycles. The molecule has 2 unspecified atom stereocenters. The first-order valence-corrected chi connectivity index (χ1v) is 9.94. The minimum atomic E-state index is -1.22. The van der Waals surface area contributed by atoms with E-state index >= 15 is 0 Å². The number of hydrogen-bond acceptors (Lipinski definition) is 5. The molecule has 8 heteroatoms. The Labute approximate surface area is 157 Å². The van der Waals surface area contributed by atoms with Gasteiger partial charge in [-0.1, -0.05) is 11.6 Å². The topological polar surface area (TPSA) is 69.7 Å². The van der Waals surface area contributed by atoms with E-state index in [0.717, 1.165) is 12.0 Å². The van der Waals surface area contributed by atoms with Crippen LogP contribution in [-0.4, -0.2) is 40.6 Å². The van der Waals surface area contributed by atoms with E-state index in [4.69, 9.17) is 25.8 Å². The molecule has 0 spiro atoms. The molecular weight excluding hydrogens is 364 g/mol. The van der Waals surface area contributed by atoms with Crippen LogP contribution in [0, 0.1) is 0 Å². The maximum atomic E-state index is 12.6. The molecule has 2 rings (SSSR count). The Morgan fingerprint density at radius 2 is 2.12 bits per heavy atom. The van der Waals surface area contributed by atoms with Crippen LogP contribution in [0.4, 0.5) is 0 Å². The molecule has 6 nitrogen and oxygen atoms in total. The summed E-state index contributed by atoms with van der Waals surface area (Å²) in [6.45, 7) is 7.22. The van der Waals surface area contributed by atoms with Gasteiger partial charge in [0.25, 0.3) is 0 Å². The molecule has 0 aliphatic carbocycles. The number of nitrogens with one attached hydrogen (secondary N) is 1. The standard InChI is InChI=1S/C17H27ClN2O4S/c1-17(2,3)25(21)20-14(6-7-15-23-8-5-9-24-15)12-10-13(18)16(22-4)19-11-12/h10-11,14-15,20H,5-9H2,1-4H3. The summed E-state index contributed by atoms with van der Waals surface area (Å²) in [4.78, 5) is 4.23. The first-order valence-electron chi connectivity index (χ1n) is 8.42. The number of aromatic nitrogens is 1. The number of rotatable bonds is 7. The molecule has 0 saturated carbocycles. The molecule has 2 heterocycles. The highest BCUT2D eigenvalue weighted by molar-refractivity contribution is 7.84. The number of pyridine rings is 1. The van der Waals surface area contributed by atoms with Gasteiger partial charge < -0.3 is 14.2 Å². The number of nitrogens with zero attached hydrogens (tertiary/aromatic N) is 1. The summed E-state index contributed by atoms with van der Waals surface area (Å²) in [5.41, 5.74) is 0.860. The Morgan fingerprint density at radius 1 is 1.44 bits per heavy atom. The lowest BCUT2D eigenvalue weighted by atomic mass is 10.0. The van der Waals surface area contributed by atoms with Gasteiger partial charge in [-0.15, -0.1) is 0 Å². The Balaban J connectivity index is 2.12. The molecule has 0 bridgehead atoms. The second kappa shape index (κ2) is 9.28. The van der Waals surface area contributed by atoms with Gasteiger partial charge in [-0.2, -0.15) is 0 Å². The van der Waals surface area contributed by atoms with Gasteiger partial charge in [0, 0.05) is 18.7 Å². The van der Waals surface area contributed by atoms with E-state index < -0.39 is 11.0 Å². The molecule has 1 aromatic rings. The minimum absolute atomic E-state index is 0.176. The Hall–Kier alpha value is -0.730. The lowest BCUT2D eigenvalue weighted by Gasteiger charge is -2.27. The fourth-order valence-electron chi connectivity index (χ4n) is 2.39. The Kier molecular flexibility index (Phi) is 7.64. The van der Waals surface area contributed by atoms with Crippen molar-refractivity contribution in [3.8, 4) is 5.88 Å². The van der Waals surface area contributed by atoms with Crippen molar-refractivity contribution in [3.05, 3.63) is 22.8 Å². The first kappa shape index (κ1) is 20.6. The van der Waals surface area contributed by atoms with E-state index in [1.807, 2.05) is 20.8 Å². The van der Waals surface area contributed by atoms with Crippen LogP contribution in [0.15, 0.2) is 12.3 Å². The fourth-order valence-corrected chi connectivity index (χ4v) is 3.50. The molecule has 0 radical (unpaired) electrons. The van der Waals surface area contributed by atoms with E-state index in [1.165, 1.54) is 7.11 Å². The number of halogens is 1. The number of methoxy groups -OCH3 is 1. The van der Waals surface area contributed by atoms with Gasteiger partial charge in [-0.25, -0.2) is 13.9 Å². The van der Waals surface area contributed by atoms with Crippen molar-refractivity contribution in [1.29, 1.82) is 0 Å². The first-order chi connectivity index (χ1) is 11.8. The number of ether oxygens (including phenoxy) is 3. The molecule has 1 aliphatic heterocycles. The van der Waals surface area contributed by atoms with Crippen molar-refractivity contribution in [2.75, 3.05) is 20.3 Å². The van der Waals surface area contributed by atoms with E-state index in [-0.39, 0.29) is 17.1 Å². The summed E-state index contributed by atoms with van der Waals surface area (Å²) in [5, 5.41) is 0.429. The van der Waals surface area contributed by atoms with Crippen LogP contribution in [0.2, 0.25) is 5.02 Å². The predicted molar refractivity (Wildman–Crippen MR) is 99.1 cm³/mol. The third-order valence-corrected chi connectivity index (χ3v) is 5.70. The van der Waals surface area contributed by atoms with Crippen molar-refractivity contribution in [2.24, 2.45) is 0 Å². The highest BCUT2D eigenvalue weighted by Gasteiger charge is 2.26. The van der Waals surface area contributed by atoms with Crippen molar-refractivity contribution >= 4 is 22.6 Å². The average Bonchev–Trinajstić information content (AvgIpc) is 2.58. The molecule has 25 heavy (non-hydrogen) atoms. The SMILES string of the molecule is COc1ncc(C(CCC2OCCCO2)NS(=O)C(C)(C)C)cc1Cl. The number of hydrogen-bond donors (Lipinski definition) is 1. The summed E-state index contributed by atoms with van der Waals surface area (Å²) < 4.78 is 31.7. The van der Waals surface area contributed by atoms with Gasteiger partial charge in [0.15, 0.2) is 6.29 Å². The highest BCUT2D eigenvalue weighted by Crippen LogP contribution is 2.29. The van der Waals surface area contributed by atoms with Crippen molar-refractivity contribution < 1.29 is 18.4 Å². The molecule has 2 atom stereocenters. The average molecular weight is 391 g/mol. The smallest absolute Gasteiger partial charge is 0.232 e. The van der Waals surface area contributed by atoms with Crippen LogP contribution in [0.25, 0.3) is 0 Å². The molecule has 1 fully saturated rings. The van der Waals surface area contributed by atoms with Gasteiger partial charge in [-0.3, -0.25) is 0 Å². The molecule has 0 amide bonds. The quantitative estimate of drug-likeness (QED) is 0.772. The summed E-state index contributed by atoms with van der Waals surface area (Å²) in [5.74, 6) is 0.375. The molecule has 142 valence electrons. The third-order valence-electron chi connectivity index (χ3n) is 3.82. The van der Waals surface area contributed by atoms with Crippen LogP contribution < -0.4 is 9.46 Å². The predicted octanol–water partition coefficient (Wildman–Crippen LogP) is 3.38. The van der Waals surface area contributed by atoms with Gasteiger partial charge in [0.1, 0.15) is 5.02 Å². The summed E-state index contributed by atoms with van der Waals surface area (Å²) in [6.07, 6.45) is 3.79. The maximum absolute atomic E-state index is 12.6. The Morgan fingerprint density at radius 3 is 2.68 bits per heavy atom. The van der Waals surface area contributed by atoms with Crippen molar-refractivity contribution in [3.63, 3.8) is 0 Å². The zero-order valence-electron chi connectivity index (χ0n) is 15.2. The maximum Gasteiger partial charge on any atom is 0.232 e. The monoisotopic (exact) mass is 390 g/mol. The highest BCUT2D eigenvalue weighted by atomic mass is 35.5. The van der Waals surface area contributed by atoms with E-state index in [1.54, 1.807) is 12.3 Å². The van der Waals surface area contributed by atoms with E-state index in [0.29, 0.717) is 37.0 Å². The summed E-state index contributed by atoms with van der Waals surface area (Å²) in [7, 11) is 0.302. The van der Waals surface area contributed by atoms with Crippen LogP contribution in [0.1, 0.15) is 51.6 Å². The zero-order chi connectivity index (χ0) is 18.4. The molecule has 1 N–H and O–H groups in total. The molecule has 1 aromatic heterocycles. The van der Waals surface area contributed by atoms with Gasteiger partial charge in [0.2, 0.25) is 5.88 Å². The summed E-state index contributed by atoms with van der Waals surface area (Å²) in [6, 6.07) is 1.62. The minimum Gasteiger partial charge on any atom is -0.480 e. The van der Waals surface area contributed by atoms with E-state index in [2.05, 4.69) is 9.71 Å². The second-order valence-electron chi connectivity index (χ2n) is 6.91. The van der Waals surface area contributed by atoms with E-state index in [9.17, 15) is 4.21 Å². The zero-order valence-corrected chi connectivity index (χ0v) is 16.8. The fraction of sp³-hybridized carbons (Fsp3) is 0.706. The van der Waals surface area contributed by atoms with Crippen LogP contribution in [0.5, 0.6) is 5.88 Å². The lowest BCUT2D eigenvalue weighted by Crippen LogP contribution is -2.36. The van der Waals surface area contributed by atoms with Gasteiger partial charge in [0.05, 0.1) is 36.1 Å². The van der Waals surface area contributed by atoms with Gasteiger partial charge in [-0.05, 0) is 45.2 Å². The van der Waals surface area contributed by atoms with Crippen LogP contribution >= 0.6 is 11.6 Å².